The Morgan fingerprint density at radius 2 is 2.04 bits per heavy atom. The summed E-state index contributed by atoms with van der Waals surface area (Å²) in [7, 11) is 0. The fraction of sp³-hybridized carbons (Fsp3) is 0.474. The van der Waals surface area contributed by atoms with Gasteiger partial charge in [0.05, 0.1) is 11.0 Å². The first-order valence-electron chi connectivity index (χ1n) is 9.01. The van der Waals surface area contributed by atoms with Crippen molar-refractivity contribution < 1.29 is 0 Å². The minimum Gasteiger partial charge on any atom is -0.382 e. The van der Waals surface area contributed by atoms with Crippen molar-refractivity contribution in [2.75, 3.05) is 12.3 Å². The second-order valence-corrected chi connectivity index (χ2v) is 7.48. The van der Waals surface area contributed by atoms with E-state index in [0.717, 1.165) is 47.0 Å². The second-order valence-electron chi connectivity index (χ2n) is 7.48. The number of nitrogens with zero attached hydrogens (tertiary/aromatic N) is 6. The summed E-state index contributed by atoms with van der Waals surface area (Å²) in [6.07, 6.45) is 3.04. The number of anilines is 1. The van der Waals surface area contributed by atoms with Crippen molar-refractivity contribution in [1.82, 2.24) is 14.5 Å². The molecule has 0 spiro atoms. The van der Waals surface area contributed by atoms with Crippen molar-refractivity contribution in [3.63, 3.8) is 0 Å². The second kappa shape index (κ2) is 7.22. The lowest BCUT2D eigenvalue weighted by Gasteiger charge is -2.25. The van der Waals surface area contributed by atoms with Crippen LogP contribution in [0, 0.1) is 5.41 Å². The summed E-state index contributed by atoms with van der Waals surface area (Å²) in [4.78, 5) is 12.3. The first kappa shape index (κ1) is 18.0. The Morgan fingerprint density at radius 3 is 2.77 bits per heavy atom. The van der Waals surface area contributed by atoms with E-state index >= 15 is 0 Å². The minimum absolute atomic E-state index is 0.194. The van der Waals surface area contributed by atoms with Crippen LogP contribution in [-0.4, -0.2) is 21.1 Å². The number of aryl methyl sites for hydroxylation is 1. The van der Waals surface area contributed by atoms with Crippen LogP contribution in [-0.2, 0) is 13.0 Å². The van der Waals surface area contributed by atoms with Gasteiger partial charge in [-0.25, -0.2) is 9.97 Å². The first-order chi connectivity index (χ1) is 12.5. The lowest BCUT2D eigenvalue weighted by molar-refractivity contribution is 0.316. The van der Waals surface area contributed by atoms with E-state index in [0.29, 0.717) is 18.9 Å². The minimum atomic E-state index is -0.194. The van der Waals surface area contributed by atoms with Crippen LogP contribution in [0.1, 0.15) is 39.4 Å². The Balaban J connectivity index is 2.24. The highest BCUT2D eigenvalue weighted by molar-refractivity contribution is 6.06. The van der Waals surface area contributed by atoms with Crippen molar-refractivity contribution in [3.05, 3.63) is 40.5 Å². The quantitative estimate of drug-likeness (QED) is 0.374. The number of pyridine rings is 1. The monoisotopic (exact) mass is 351 g/mol. The summed E-state index contributed by atoms with van der Waals surface area (Å²) >= 11 is 0. The molecule has 0 unspecified atom stereocenters. The Kier molecular flexibility index (Phi) is 5.00. The third kappa shape index (κ3) is 3.44. The highest BCUT2D eigenvalue weighted by atomic mass is 15.1. The molecule has 2 N–H and O–H groups in total. The van der Waals surface area contributed by atoms with E-state index in [4.69, 9.17) is 16.2 Å². The zero-order valence-electron chi connectivity index (χ0n) is 15.6. The van der Waals surface area contributed by atoms with Crippen molar-refractivity contribution in [1.29, 1.82) is 0 Å². The Bertz CT molecular complexity index is 980. The lowest BCUT2D eigenvalue weighted by atomic mass is 9.93. The molecule has 136 valence electrons. The molecule has 2 heterocycles. The van der Waals surface area contributed by atoms with Crippen LogP contribution in [0.3, 0.4) is 0 Å². The molecule has 2 aromatic heterocycles. The first-order valence-corrected chi connectivity index (χ1v) is 9.01. The van der Waals surface area contributed by atoms with Gasteiger partial charge in [-0.15, -0.1) is 0 Å². The summed E-state index contributed by atoms with van der Waals surface area (Å²) in [5.74, 6) is 1.48. The zero-order valence-corrected chi connectivity index (χ0v) is 15.6. The molecule has 0 saturated carbocycles. The molecular weight excluding hydrogens is 326 g/mol. The van der Waals surface area contributed by atoms with Gasteiger partial charge in [-0.2, -0.15) is 0 Å². The van der Waals surface area contributed by atoms with E-state index in [-0.39, 0.29) is 5.41 Å². The Labute approximate surface area is 152 Å². The average molecular weight is 351 g/mol. The molecule has 0 bridgehead atoms. The van der Waals surface area contributed by atoms with Crippen molar-refractivity contribution >= 4 is 27.8 Å². The SMILES string of the molecule is CCCCc1nc2c(N)nc3ccccc3c2n1CC(C)(C)CN=[N+]=[N-]. The van der Waals surface area contributed by atoms with Crippen molar-refractivity contribution in [2.45, 2.75) is 46.6 Å². The average Bonchev–Trinajstić information content (AvgIpc) is 2.97. The van der Waals surface area contributed by atoms with E-state index in [1.807, 2.05) is 18.2 Å². The van der Waals surface area contributed by atoms with Crippen LogP contribution in [0.15, 0.2) is 29.4 Å². The topological polar surface area (TPSA) is 105 Å². The van der Waals surface area contributed by atoms with Gasteiger partial charge in [0, 0.05) is 29.8 Å². The van der Waals surface area contributed by atoms with Crippen LogP contribution in [0.4, 0.5) is 5.82 Å². The van der Waals surface area contributed by atoms with E-state index < -0.39 is 0 Å². The molecule has 0 saturated heterocycles. The largest absolute Gasteiger partial charge is 0.382 e. The van der Waals surface area contributed by atoms with Crippen LogP contribution < -0.4 is 5.73 Å². The normalized spacial score (nSPS) is 11.8. The molecule has 0 aliphatic rings. The van der Waals surface area contributed by atoms with E-state index in [1.165, 1.54) is 0 Å². The highest BCUT2D eigenvalue weighted by Crippen LogP contribution is 2.32. The van der Waals surface area contributed by atoms with E-state index in [9.17, 15) is 0 Å². The van der Waals surface area contributed by atoms with Crippen LogP contribution in [0.5, 0.6) is 0 Å². The predicted octanol–water partition coefficient (Wildman–Crippen LogP) is 4.85. The van der Waals surface area contributed by atoms with Crippen LogP contribution in [0.2, 0.25) is 0 Å². The molecule has 0 aliphatic heterocycles. The van der Waals surface area contributed by atoms with Gasteiger partial charge < -0.3 is 10.3 Å². The number of nitrogen functional groups attached to an aromatic ring is 1. The molecule has 0 radical (unpaired) electrons. The number of hydrogen-bond donors (Lipinski definition) is 1. The molecule has 0 aliphatic carbocycles. The number of hydrogen-bond acceptors (Lipinski definition) is 4. The molecular formula is C19H25N7. The zero-order chi connectivity index (χ0) is 18.7. The molecule has 26 heavy (non-hydrogen) atoms. The molecule has 0 atom stereocenters. The van der Waals surface area contributed by atoms with Gasteiger partial charge in [0.2, 0.25) is 0 Å². The predicted molar refractivity (Wildman–Crippen MR) is 106 cm³/mol. The molecule has 7 heteroatoms. The summed E-state index contributed by atoms with van der Waals surface area (Å²) < 4.78 is 2.25. The highest BCUT2D eigenvalue weighted by Gasteiger charge is 2.23. The fourth-order valence-corrected chi connectivity index (χ4v) is 3.30. The van der Waals surface area contributed by atoms with E-state index in [1.54, 1.807) is 0 Å². The van der Waals surface area contributed by atoms with E-state index in [2.05, 4.69) is 46.4 Å². The maximum absolute atomic E-state index is 8.69. The van der Waals surface area contributed by atoms with Crippen molar-refractivity contribution in [3.8, 4) is 0 Å². The molecule has 3 aromatic rings. The third-order valence-electron chi connectivity index (χ3n) is 4.59. The number of para-hydroxylation sites is 1. The molecule has 0 amide bonds. The maximum Gasteiger partial charge on any atom is 0.152 e. The molecule has 7 nitrogen and oxygen atoms in total. The number of imidazole rings is 1. The smallest absolute Gasteiger partial charge is 0.152 e. The molecule has 1 aromatic carbocycles. The van der Waals surface area contributed by atoms with Gasteiger partial charge >= 0.3 is 0 Å². The van der Waals surface area contributed by atoms with Gasteiger partial charge in [-0.3, -0.25) is 0 Å². The molecule has 0 fully saturated rings. The van der Waals surface area contributed by atoms with Gasteiger partial charge in [-0.1, -0.05) is 50.5 Å². The van der Waals surface area contributed by atoms with Crippen LogP contribution >= 0.6 is 0 Å². The number of benzene rings is 1. The number of nitrogens with two attached hydrogens (primary N) is 1. The Morgan fingerprint density at radius 1 is 1.27 bits per heavy atom. The lowest BCUT2D eigenvalue weighted by Crippen LogP contribution is -2.24. The molecule has 3 rings (SSSR count). The van der Waals surface area contributed by atoms with Crippen LogP contribution in [0.25, 0.3) is 32.4 Å². The van der Waals surface area contributed by atoms with Gasteiger partial charge in [0.15, 0.2) is 5.82 Å². The fourth-order valence-electron chi connectivity index (χ4n) is 3.30. The number of unbranched alkanes of at least 4 members (excludes halogenated alkanes) is 1. The van der Waals surface area contributed by atoms with Gasteiger partial charge in [0.25, 0.3) is 0 Å². The number of rotatable bonds is 7. The Hall–Kier alpha value is -2.79. The summed E-state index contributed by atoms with van der Waals surface area (Å²) in [5, 5.41) is 4.83. The summed E-state index contributed by atoms with van der Waals surface area (Å²) in [6.45, 7) is 7.50. The third-order valence-corrected chi connectivity index (χ3v) is 4.59. The van der Waals surface area contributed by atoms with Crippen molar-refractivity contribution in [2.24, 2.45) is 10.5 Å². The number of fused-ring (bicyclic) bond motifs is 3. The van der Waals surface area contributed by atoms with Gasteiger partial charge in [-0.05, 0) is 23.4 Å². The summed E-state index contributed by atoms with van der Waals surface area (Å²) in [6, 6.07) is 8.00. The number of aromatic nitrogens is 3. The number of azide groups is 1. The maximum atomic E-state index is 8.69. The van der Waals surface area contributed by atoms with Gasteiger partial charge in [0.1, 0.15) is 11.3 Å². The summed E-state index contributed by atoms with van der Waals surface area (Å²) in [5.41, 5.74) is 17.4. The standard InChI is InChI=1S/C19H25N7/c1-4-5-10-15-24-16-17(26(15)12-19(2,3)11-22-25-21)13-8-6-7-9-14(13)23-18(16)20/h6-9H,4-5,10-12H2,1-3H3,(H2,20,23).